The Labute approximate surface area is 211 Å². The fraction of sp³-hybridized carbons (Fsp3) is 0.400. The van der Waals surface area contributed by atoms with Crippen LogP contribution in [0.4, 0.5) is 0 Å². The summed E-state index contributed by atoms with van der Waals surface area (Å²) >= 11 is 0. The van der Waals surface area contributed by atoms with E-state index >= 15 is 0 Å². The highest BCUT2D eigenvalue weighted by Gasteiger charge is 2.29. The van der Waals surface area contributed by atoms with E-state index in [1.165, 1.54) is 17.7 Å². The predicted octanol–water partition coefficient (Wildman–Crippen LogP) is 1.55. The first-order valence-corrected chi connectivity index (χ1v) is 11.5. The maximum Gasteiger partial charge on any atom is 0.245 e. The van der Waals surface area contributed by atoms with Gasteiger partial charge in [0.2, 0.25) is 17.7 Å². The molecule has 1 atom stereocenters. The van der Waals surface area contributed by atoms with Crippen LogP contribution in [0.2, 0.25) is 0 Å². The molecule has 0 spiro atoms. The lowest BCUT2D eigenvalue weighted by Gasteiger charge is -2.36. The van der Waals surface area contributed by atoms with Crippen LogP contribution in [0.3, 0.4) is 0 Å². The number of aromatic hydroxyl groups is 2. The summed E-state index contributed by atoms with van der Waals surface area (Å²) in [6.07, 6.45) is 0.411. The Morgan fingerprint density at radius 3 is 2.29 bits per heavy atom. The van der Waals surface area contributed by atoms with Gasteiger partial charge in [-0.15, -0.1) is 12.4 Å². The van der Waals surface area contributed by atoms with Gasteiger partial charge in [-0.1, -0.05) is 36.4 Å². The average molecular weight is 505 g/mol. The summed E-state index contributed by atoms with van der Waals surface area (Å²) in [4.78, 5) is 41.0. The van der Waals surface area contributed by atoms with Gasteiger partial charge >= 0.3 is 0 Å². The maximum atomic E-state index is 13.1. The van der Waals surface area contributed by atoms with Crippen molar-refractivity contribution < 1.29 is 24.6 Å². The van der Waals surface area contributed by atoms with E-state index in [1.807, 2.05) is 18.2 Å². The molecule has 0 aromatic heterocycles. The number of rotatable bonds is 10. The molecule has 0 aliphatic carbocycles. The van der Waals surface area contributed by atoms with Gasteiger partial charge in [0.25, 0.3) is 0 Å². The number of nitrogens with one attached hydrogen (secondary N) is 1. The number of nitrogens with zero attached hydrogens (tertiary/aromatic N) is 2. The molecule has 2 aromatic rings. The molecule has 0 bridgehead atoms. The van der Waals surface area contributed by atoms with Gasteiger partial charge in [0, 0.05) is 51.6 Å². The smallest absolute Gasteiger partial charge is 0.245 e. The van der Waals surface area contributed by atoms with Crippen LogP contribution >= 0.6 is 12.4 Å². The number of phenols is 2. The average Bonchev–Trinajstić information content (AvgIpc) is 2.82. The van der Waals surface area contributed by atoms with Crippen molar-refractivity contribution in [3.63, 3.8) is 0 Å². The second-order valence-electron chi connectivity index (χ2n) is 8.53. The molecule has 3 amide bonds. The van der Waals surface area contributed by atoms with Crippen molar-refractivity contribution in [2.24, 2.45) is 5.73 Å². The van der Waals surface area contributed by atoms with E-state index in [4.69, 9.17) is 5.73 Å². The number of benzene rings is 2. The number of amides is 3. The van der Waals surface area contributed by atoms with Gasteiger partial charge in [-0.05, 0) is 30.0 Å². The zero-order valence-electron chi connectivity index (χ0n) is 19.6. The summed E-state index contributed by atoms with van der Waals surface area (Å²) in [5.74, 6) is -1.28. The van der Waals surface area contributed by atoms with E-state index in [0.717, 1.165) is 19.6 Å². The molecule has 0 saturated carbocycles. The van der Waals surface area contributed by atoms with Crippen LogP contribution in [0.25, 0.3) is 0 Å². The van der Waals surface area contributed by atoms with Gasteiger partial charge in [0.05, 0.1) is 0 Å². The predicted molar refractivity (Wildman–Crippen MR) is 134 cm³/mol. The van der Waals surface area contributed by atoms with Crippen LogP contribution in [0, 0.1) is 0 Å². The van der Waals surface area contributed by atoms with E-state index in [1.54, 1.807) is 11.0 Å². The SMILES string of the molecule is Cl.NC(=O)CC[C@H](NC(=O)CCc1ccc(O)cc1O)C(=O)N1CCN(Cc2ccccc2)CC1. The number of halogens is 1. The van der Waals surface area contributed by atoms with Crippen molar-refractivity contribution in [2.45, 2.75) is 38.3 Å². The second-order valence-corrected chi connectivity index (χ2v) is 8.53. The molecule has 3 rings (SSSR count). The third-order valence-corrected chi connectivity index (χ3v) is 5.94. The number of phenolic OH excluding ortho intramolecular Hbond substituents is 2. The Morgan fingerprint density at radius 2 is 1.66 bits per heavy atom. The quantitative estimate of drug-likeness (QED) is 0.387. The zero-order chi connectivity index (χ0) is 24.5. The molecule has 2 aromatic carbocycles. The van der Waals surface area contributed by atoms with Crippen molar-refractivity contribution in [2.75, 3.05) is 26.2 Å². The molecule has 5 N–H and O–H groups in total. The fourth-order valence-corrected chi connectivity index (χ4v) is 4.01. The topological polar surface area (TPSA) is 136 Å². The van der Waals surface area contributed by atoms with Crippen LogP contribution in [-0.4, -0.2) is 70.0 Å². The zero-order valence-corrected chi connectivity index (χ0v) is 20.4. The van der Waals surface area contributed by atoms with Gasteiger partial charge < -0.3 is 26.2 Å². The van der Waals surface area contributed by atoms with Crippen LogP contribution in [0.1, 0.15) is 30.4 Å². The Morgan fingerprint density at radius 1 is 0.971 bits per heavy atom. The second kappa shape index (κ2) is 13.6. The number of nitrogens with two attached hydrogens (primary N) is 1. The van der Waals surface area contributed by atoms with Gasteiger partial charge in [-0.2, -0.15) is 0 Å². The van der Waals surface area contributed by atoms with Crippen LogP contribution in [0.15, 0.2) is 48.5 Å². The number of carbonyl (C=O) groups is 3. The minimum Gasteiger partial charge on any atom is -0.508 e. The number of piperazine rings is 1. The molecule has 1 saturated heterocycles. The molecule has 1 aliphatic heterocycles. The van der Waals surface area contributed by atoms with Gasteiger partial charge in [0.1, 0.15) is 17.5 Å². The molecule has 0 radical (unpaired) electrons. The van der Waals surface area contributed by atoms with E-state index in [0.29, 0.717) is 18.7 Å². The normalized spacial score (nSPS) is 14.6. The van der Waals surface area contributed by atoms with E-state index in [9.17, 15) is 24.6 Å². The molecule has 1 fully saturated rings. The third kappa shape index (κ3) is 8.77. The van der Waals surface area contributed by atoms with Gasteiger partial charge in [-0.25, -0.2) is 0 Å². The van der Waals surface area contributed by atoms with Gasteiger partial charge in [0.15, 0.2) is 0 Å². The molecular formula is C25H33ClN4O5. The van der Waals surface area contributed by atoms with Crippen molar-refractivity contribution in [1.82, 2.24) is 15.1 Å². The largest absolute Gasteiger partial charge is 0.508 e. The van der Waals surface area contributed by atoms with Crippen molar-refractivity contribution in [3.05, 3.63) is 59.7 Å². The summed E-state index contributed by atoms with van der Waals surface area (Å²) < 4.78 is 0. The molecule has 10 heteroatoms. The van der Waals surface area contributed by atoms with E-state index < -0.39 is 11.9 Å². The third-order valence-electron chi connectivity index (χ3n) is 5.94. The Hall–Kier alpha value is -3.30. The lowest BCUT2D eigenvalue weighted by molar-refractivity contribution is -0.138. The van der Waals surface area contributed by atoms with Crippen molar-refractivity contribution >= 4 is 30.1 Å². The van der Waals surface area contributed by atoms with E-state index in [-0.39, 0.29) is 61.4 Å². The number of primary amides is 1. The standard InChI is InChI=1S/C25H32N4O5.ClH/c26-23(32)10-9-21(27-24(33)11-7-19-6-8-20(30)16-22(19)31)25(34)29-14-12-28(13-15-29)17-18-4-2-1-3-5-18;/h1-6,8,16,21,30-31H,7,9-15,17H2,(H2,26,32)(H,27,33);1H/t21-;/m0./s1. The summed E-state index contributed by atoms with van der Waals surface area (Å²) in [5, 5.41) is 22.0. The molecule has 1 heterocycles. The lowest BCUT2D eigenvalue weighted by Crippen LogP contribution is -2.55. The summed E-state index contributed by atoms with van der Waals surface area (Å²) in [7, 11) is 0. The van der Waals surface area contributed by atoms with Gasteiger partial charge in [-0.3, -0.25) is 19.3 Å². The molecule has 190 valence electrons. The minimum atomic E-state index is -0.839. The molecule has 1 aliphatic rings. The summed E-state index contributed by atoms with van der Waals surface area (Å²) in [6.45, 7) is 3.33. The van der Waals surface area contributed by atoms with Crippen LogP contribution in [-0.2, 0) is 27.3 Å². The lowest BCUT2D eigenvalue weighted by atomic mass is 10.1. The molecule has 35 heavy (non-hydrogen) atoms. The number of hydrogen-bond acceptors (Lipinski definition) is 6. The highest BCUT2D eigenvalue weighted by Crippen LogP contribution is 2.23. The highest BCUT2D eigenvalue weighted by atomic mass is 35.5. The molecule has 0 unspecified atom stereocenters. The monoisotopic (exact) mass is 504 g/mol. The molecule has 9 nitrogen and oxygen atoms in total. The number of hydrogen-bond donors (Lipinski definition) is 4. The van der Waals surface area contributed by atoms with Crippen molar-refractivity contribution in [3.8, 4) is 11.5 Å². The first kappa shape index (κ1) is 27.9. The van der Waals surface area contributed by atoms with E-state index in [2.05, 4.69) is 22.3 Å². The number of carbonyl (C=O) groups excluding carboxylic acids is 3. The summed E-state index contributed by atoms with van der Waals surface area (Å²) in [6, 6.07) is 13.5. The summed E-state index contributed by atoms with van der Waals surface area (Å²) in [5.41, 5.74) is 7.01. The molecular weight excluding hydrogens is 472 g/mol. The van der Waals surface area contributed by atoms with Crippen LogP contribution < -0.4 is 11.1 Å². The van der Waals surface area contributed by atoms with Crippen molar-refractivity contribution in [1.29, 1.82) is 0 Å². The van der Waals surface area contributed by atoms with Crippen LogP contribution in [0.5, 0.6) is 11.5 Å². The minimum absolute atomic E-state index is 0. The Bertz CT molecular complexity index is 997. The fourth-order valence-electron chi connectivity index (χ4n) is 4.01. The first-order valence-electron chi connectivity index (χ1n) is 11.5. The highest BCUT2D eigenvalue weighted by molar-refractivity contribution is 5.88. The maximum absolute atomic E-state index is 13.1. The Balaban J connectivity index is 0.00000432. The Kier molecular flexibility index (Phi) is 10.8. The first-order chi connectivity index (χ1) is 16.3. The number of aryl methyl sites for hydroxylation is 1.